The smallest absolute Gasteiger partial charge is 0.320 e. The Morgan fingerprint density at radius 2 is 1.07 bits per heavy atom. The fraction of sp³-hybridized carbons (Fsp3) is 0.608. The molecule has 20 heteroatoms. The number of halogens is 3. The number of rotatable bonds is 9. The van der Waals surface area contributed by atoms with Crippen molar-refractivity contribution >= 4 is 91.9 Å². The molecule has 4 aliphatic heterocycles. The van der Waals surface area contributed by atoms with Crippen molar-refractivity contribution in [2.75, 3.05) is 65.7 Å². The van der Waals surface area contributed by atoms with Crippen molar-refractivity contribution in [2.24, 2.45) is 16.7 Å². The van der Waals surface area contributed by atoms with E-state index in [2.05, 4.69) is 15.0 Å². The second kappa shape index (κ2) is 25.7. The van der Waals surface area contributed by atoms with Gasteiger partial charge in [-0.05, 0) is 125 Å². The van der Waals surface area contributed by atoms with E-state index in [9.17, 15) is 19.2 Å². The second-order valence-electron chi connectivity index (χ2n) is 20.3. The monoisotopic (exact) mass is 1070 g/mol. The molecule has 1 N–H and O–H groups in total. The van der Waals surface area contributed by atoms with Gasteiger partial charge in [-0.1, -0.05) is 64.7 Å². The van der Waals surface area contributed by atoms with E-state index >= 15 is 0 Å². The predicted octanol–water partition coefficient (Wildman–Crippen LogP) is 11.5. The fourth-order valence-electron chi connectivity index (χ4n) is 8.91. The molecule has 15 nitrogen and oxygen atoms in total. The number of nitrogens with zero attached hydrogens (tertiary/aromatic N) is 8. The summed E-state index contributed by atoms with van der Waals surface area (Å²) in [7, 11) is 0. The first-order valence-electron chi connectivity index (χ1n) is 24.5. The van der Waals surface area contributed by atoms with Crippen LogP contribution in [0.15, 0.2) is 24.3 Å². The third-order valence-electron chi connectivity index (χ3n) is 13.0. The quantitative estimate of drug-likeness (QED) is 0.128. The summed E-state index contributed by atoms with van der Waals surface area (Å²) < 4.78 is 14.9. The summed E-state index contributed by atoms with van der Waals surface area (Å²) in [6, 6.07) is 7.80. The zero-order chi connectivity index (χ0) is 51.5. The Kier molecular flexibility index (Phi) is 20.3. The molecule has 0 unspecified atom stereocenters. The number of piperidine rings is 2. The predicted molar refractivity (Wildman–Crippen MR) is 281 cm³/mol. The lowest BCUT2D eigenvalue weighted by Gasteiger charge is -2.36. The van der Waals surface area contributed by atoms with E-state index < -0.39 is 10.8 Å². The van der Waals surface area contributed by atoms with Crippen molar-refractivity contribution < 1.29 is 28.7 Å². The topological polar surface area (TPSA) is 150 Å². The van der Waals surface area contributed by atoms with Gasteiger partial charge in [-0.15, -0.1) is 22.7 Å². The number of likely N-dealkylation sites (tertiary alicyclic amines) is 1. The highest BCUT2D eigenvalue weighted by Gasteiger charge is 2.36. The number of hydrogen-bond donors (Lipinski definition) is 1. The largest absolute Gasteiger partial charge is 0.381 e. The molecule has 4 saturated heterocycles. The van der Waals surface area contributed by atoms with Gasteiger partial charge in [-0.3, -0.25) is 14.4 Å². The van der Waals surface area contributed by atoms with Crippen LogP contribution < -0.4 is 5.32 Å². The maximum Gasteiger partial charge on any atom is 0.320 e. The minimum atomic E-state index is -0.627. The first kappa shape index (κ1) is 56.1. The van der Waals surface area contributed by atoms with E-state index in [0.29, 0.717) is 94.6 Å². The number of hydrogen-bond acceptors (Lipinski definition) is 11. The molecule has 0 spiro atoms. The lowest BCUT2D eigenvalue weighted by Crippen LogP contribution is -2.50. The van der Waals surface area contributed by atoms with E-state index in [1.165, 1.54) is 20.7 Å². The molecule has 0 atom stereocenters. The molecule has 4 fully saturated rings. The summed E-state index contributed by atoms with van der Waals surface area (Å²) in [5, 5.41) is 12.6. The third-order valence-corrected chi connectivity index (χ3v) is 15.9. The average molecular weight is 1070 g/mol. The maximum atomic E-state index is 13.3. The Balaban J connectivity index is 0.000000202. The molecule has 4 aromatic rings. The Hall–Kier alpha value is -4.17. The lowest BCUT2D eigenvalue weighted by molar-refractivity contribution is -0.117. The van der Waals surface area contributed by atoms with Crippen LogP contribution in [0.3, 0.4) is 0 Å². The highest BCUT2D eigenvalue weighted by molar-refractivity contribution is 7.16. The molecule has 8 rings (SSSR count). The number of ether oxygens (including phenoxy) is 2. The van der Waals surface area contributed by atoms with Crippen LogP contribution in [0.2, 0.25) is 8.67 Å². The van der Waals surface area contributed by atoms with Crippen molar-refractivity contribution in [3.8, 4) is 0 Å². The summed E-state index contributed by atoms with van der Waals surface area (Å²) in [6.45, 7) is 33.8. The van der Waals surface area contributed by atoms with Crippen LogP contribution in [0.4, 0.5) is 16.2 Å². The Morgan fingerprint density at radius 1 is 0.648 bits per heavy atom. The van der Waals surface area contributed by atoms with E-state index in [1.807, 2.05) is 75.6 Å². The van der Waals surface area contributed by atoms with Gasteiger partial charge in [0.25, 0.3) is 11.8 Å². The molecule has 0 bridgehead atoms. The SMILES string of the molecule is O=C(Cl)C1CCOCC1.[C-]#[N+]c1c(C2CCN(C(=O)N3CCOCC3)CC2)nn(C(=O)C(C)(C)C)c1CCc1ccc(Cl)s1.[C-]#[N+]c1c(C2CCNCC2)nn(C(=O)C(C)(C)C)c1CCc1ccc(Cl)s1. The van der Waals surface area contributed by atoms with Gasteiger partial charge in [-0.25, -0.2) is 23.8 Å². The maximum absolute atomic E-state index is 13.3. The van der Waals surface area contributed by atoms with Crippen molar-refractivity contribution in [1.82, 2.24) is 34.7 Å². The number of carbonyl (C=O) groups is 4. The molecule has 2 amide bonds. The van der Waals surface area contributed by atoms with Crippen LogP contribution in [0.25, 0.3) is 9.69 Å². The zero-order valence-electron chi connectivity index (χ0n) is 41.7. The summed E-state index contributed by atoms with van der Waals surface area (Å²) in [6.07, 6.45) is 7.51. The zero-order valence-corrected chi connectivity index (χ0v) is 45.6. The molecule has 384 valence electrons. The lowest BCUT2D eigenvalue weighted by atomic mass is 9.92. The van der Waals surface area contributed by atoms with E-state index in [4.69, 9.17) is 67.6 Å². The highest BCUT2D eigenvalue weighted by Crippen LogP contribution is 2.40. The Bertz CT molecular complexity index is 2550. The van der Waals surface area contributed by atoms with Crippen LogP contribution in [-0.2, 0) is 40.0 Å². The number of aromatic nitrogens is 4. The average Bonchev–Trinajstić information content (AvgIpc) is 4.17. The molecule has 4 aliphatic rings. The molecular weight excluding hydrogens is 1010 g/mol. The second-order valence-corrected chi connectivity index (χ2v) is 24.3. The number of aryl methyl sites for hydroxylation is 2. The number of amides is 2. The van der Waals surface area contributed by atoms with Crippen LogP contribution in [0.1, 0.15) is 134 Å². The highest BCUT2D eigenvalue weighted by atomic mass is 35.5. The van der Waals surface area contributed by atoms with Crippen molar-refractivity contribution in [2.45, 2.75) is 118 Å². The number of morpholine rings is 1. The van der Waals surface area contributed by atoms with Crippen LogP contribution in [-0.4, -0.2) is 118 Å². The fourth-order valence-corrected chi connectivity index (χ4v) is 11.3. The molecule has 71 heavy (non-hydrogen) atoms. The van der Waals surface area contributed by atoms with Crippen LogP contribution in [0.5, 0.6) is 0 Å². The van der Waals surface area contributed by atoms with E-state index in [-0.39, 0.29) is 40.8 Å². The number of urea groups is 1. The van der Waals surface area contributed by atoms with Gasteiger partial charge in [0.05, 0.1) is 57.8 Å². The first-order chi connectivity index (χ1) is 33.8. The van der Waals surface area contributed by atoms with Gasteiger partial charge in [0.2, 0.25) is 16.6 Å². The number of carbonyl (C=O) groups excluding carboxylic acids is 4. The van der Waals surface area contributed by atoms with Gasteiger partial charge in [0.1, 0.15) is 0 Å². The molecular formula is C51H66Cl3N9O6S2. The Labute approximate surface area is 441 Å². The molecule has 4 aromatic heterocycles. The standard InChI is InChI=1S/C25H32ClN5O3S.C20H25ClN4OS.C6H9ClO2/c1-25(2,3)23(32)31-19(7-5-18-6-8-20(26)35-18)22(27-4)21(28-31)17-9-11-29(12-10-17)24(33)30-13-15-34-16-14-30;1-20(2,3)19(26)25-15(7-5-14-6-8-16(21)27-14)18(22-4)17(24-25)13-9-11-23-12-10-13;7-6(8)5-1-3-9-4-2-5/h6,8,17H,5,7,9-16H2,1-3H3;6,8,13,23H,5,7,9-12H2,1-3H3;5H,1-4H2. The minimum Gasteiger partial charge on any atom is -0.381 e. The molecule has 0 aliphatic carbocycles. The summed E-state index contributed by atoms with van der Waals surface area (Å²) in [5.41, 5.74) is 2.77. The van der Waals surface area contributed by atoms with Crippen molar-refractivity contribution in [3.63, 3.8) is 0 Å². The summed E-state index contributed by atoms with van der Waals surface area (Å²) >= 11 is 20.4. The van der Waals surface area contributed by atoms with Crippen LogP contribution >= 0.6 is 57.5 Å². The van der Waals surface area contributed by atoms with Gasteiger partial charge in [-0.2, -0.15) is 10.2 Å². The first-order valence-corrected chi connectivity index (χ1v) is 27.2. The number of thiophene rings is 2. The van der Waals surface area contributed by atoms with E-state index in [1.54, 1.807) is 11.3 Å². The van der Waals surface area contributed by atoms with Crippen molar-refractivity contribution in [1.29, 1.82) is 0 Å². The normalized spacial score (nSPS) is 17.3. The number of nitrogens with one attached hydrogen (secondary N) is 1. The Morgan fingerprint density at radius 3 is 1.45 bits per heavy atom. The summed E-state index contributed by atoms with van der Waals surface area (Å²) in [4.78, 5) is 63.4. The van der Waals surface area contributed by atoms with Gasteiger partial charge >= 0.3 is 6.03 Å². The van der Waals surface area contributed by atoms with Crippen molar-refractivity contribution in [3.05, 3.63) is 88.3 Å². The van der Waals surface area contributed by atoms with Crippen LogP contribution in [0, 0.1) is 29.9 Å². The van der Waals surface area contributed by atoms with Gasteiger partial charge in [0, 0.05) is 65.9 Å². The molecule has 0 radical (unpaired) electrons. The summed E-state index contributed by atoms with van der Waals surface area (Å²) in [5.74, 6) is 0.149. The van der Waals surface area contributed by atoms with Gasteiger partial charge in [0.15, 0.2) is 0 Å². The minimum absolute atomic E-state index is 0.0387. The molecule has 8 heterocycles. The van der Waals surface area contributed by atoms with E-state index in [0.717, 1.165) is 87.9 Å². The van der Waals surface area contributed by atoms with Gasteiger partial charge < -0.3 is 24.6 Å². The third kappa shape index (κ3) is 15.0. The molecule has 0 aromatic carbocycles. The molecule has 0 saturated carbocycles.